The first-order valence-electron chi connectivity index (χ1n) is 10.0. The average Bonchev–Trinajstić information content (AvgIpc) is 3.03. The molecule has 3 N–H and O–H groups in total. The average molecular weight is 576 g/mol. The third kappa shape index (κ3) is 3.19. The second-order valence-electron chi connectivity index (χ2n) is 8.15. The molecule has 0 atom stereocenters. The van der Waals surface area contributed by atoms with E-state index in [2.05, 4.69) is 31.9 Å². The second-order valence-corrected chi connectivity index (χ2v) is 9.86. The highest BCUT2D eigenvalue weighted by molar-refractivity contribution is 9.10. The van der Waals surface area contributed by atoms with E-state index in [-0.39, 0.29) is 39.3 Å². The number of rotatable bonds is 3. The SMILES string of the molecule is Cc1cc(Br)c(C2(c3c(Br)cc(C)c(C)c3O)OC(=O)c3c(C(=O)O)cccc32)c(O)c1C. The Balaban J connectivity index is 2.28. The molecule has 8 heteroatoms. The minimum atomic E-state index is -1.82. The van der Waals surface area contributed by atoms with Crippen molar-refractivity contribution in [1.82, 2.24) is 0 Å². The molecule has 6 nitrogen and oxygen atoms in total. The van der Waals surface area contributed by atoms with Crippen LogP contribution in [-0.2, 0) is 10.3 Å². The molecule has 0 saturated heterocycles. The molecule has 0 radical (unpaired) electrons. The Labute approximate surface area is 207 Å². The molecule has 0 aromatic heterocycles. The standard InChI is InChI=1S/C25H20Br2O6/c1-10-8-16(26)19(21(28)12(10)3)25(20-17(27)9-11(2)13(4)22(20)29)15-7-5-6-14(23(30)31)18(15)24(32)33-25/h5-9,28-29H,1-4H3,(H,30,31). The number of carbonyl (C=O) groups excluding carboxylic acids is 1. The van der Waals surface area contributed by atoms with Crippen LogP contribution in [0.25, 0.3) is 0 Å². The number of carbonyl (C=O) groups is 2. The quantitative estimate of drug-likeness (QED) is 0.330. The number of aromatic hydroxyl groups is 2. The highest BCUT2D eigenvalue weighted by Gasteiger charge is 2.55. The number of cyclic esters (lactones) is 1. The van der Waals surface area contributed by atoms with Crippen molar-refractivity contribution in [2.45, 2.75) is 33.3 Å². The first-order valence-corrected chi connectivity index (χ1v) is 11.6. The van der Waals surface area contributed by atoms with E-state index in [1.54, 1.807) is 32.0 Å². The van der Waals surface area contributed by atoms with Gasteiger partial charge in [0.2, 0.25) is 0 Å². The Morgan fingerprint density at radius 2 is 1.39 bits per heavy atom. The van der Waals surface area contributed by atoms with Crippen molar-refractivity contribution in [3.05, 3.63) is 89.3 Å². The number of halogens is 2. The molecule has 1 aliphatic heterocycles. The predicted octanol–water partition coefficient (Wildman–Crippen LogP) is 6.02. The lowest BCUT2D eigenvalue weighted by Crippen LogP contribution is -2.31. The number of aryl methyl sites for hydroxylation is 2. The molecule has 0 amide bonds. The molecule has 0 aliphatic carbocycles. The van der Waals surface area contributed by atoms with E-state index in [9.17, 15) is 24.9 Å². The highest BCUT2D eigenvalue weighted by atomic mass is 79.9. The van der Waals surface area contributed by atoms with Gasteiger partial charge in [0.1, 0.15) is 11.5 Å². The third-order valence-electron chi connectivity index (χ3n) is 6.36. The van der Waals surface area contributed by atoms with E-state index in [0.717, 1.165) is 11.1 Å². The summed E-state index contributed by atoms with van der Waals surface area (Å²) in [5, 5.41) is 32.3. The Bertz CT molecular complexity index is 1310. The van der Waals surface area contributed by atoms with Gasteiger partial charge in [-0.05, 0) is 68.1 Å². The van der Waals surface area contributed by atoms with Crippen molar-refractivity contribution in [2.24, 2.45) is 0 Å². The number of ether oxygens (including phenoxy) is 1. The molecule has 3 aromatic rings. The van der Waals surface area contributed by atoms with Crippen LogP contribution in [0.1, 0.15) is 59.7 Å². The summed E-state index contributed by atoms with van der Waals surface area (Å²) in [6, 6.07) is 7.98. The van der Waals surface area contributed by atoms with Crippen LogP contribution in [0.3, 0.4) is 0 Å². The van der Waals surface area contributed by atoms with Crippen LogP contribution in [0.5, 0.6) is 11.5 Å². The number of esters is 1. The van der Waals surface area contributed by atoms with E-state index in [0.29, 0.717) is 20.1 Å². The van der Waals surface area contributed by atoms with Gasteiger partial charge >= 0.3 is 11.9 Å². The molecule has 1 heterocycles. The summed E-state index contributed by atoms with van der Waals surface area (Å²) < 4.78 is 6.89. The fraction of sp³-hybridized carbons (Fsp3) is 0.200. The maximum absolute atomic E-state index is 13.2. The molecule has 3 aromatic carbocycles. The van der Waals surface area contributed by atoms with Gasteiger partial charge in [-0.15, -0.1) is 0 Å². The summed E-state index contributed by atoms with van der Waals surface area (Å²) in [4.78, 5) is 25.2. The maximum Gasteiger partial charge on any atom is 0.341 e. The van der Waals surface area contributed by atoms with E-state index in [1.807, 2.05) is 13.8 Å². The molecule has 0 spiro atoms. The van der Waals surface area contributed by atoms with E-state index >= 15 is 0 Å². The largest absolute Gasteiger partial charge is 0.507 e. The first kappa shape index (κ1) is 23.3. The molecule has 33 heavy (non-hydrogen) atoms. The summed E-state index contributed by atoms with van der Waals surface area (Å²) >= 11 is 7.02. The van der Waals surface area contributed by atoms with Crippen LogP contribution in [0.2, 0.25) is 0 Å². The number of carboxylic acid groups (broad SMARTS) is 1. The van der Waals surface area contributed by atoms with Crippen LogP contribution in [-0.4, -0.2) is 27.3 Å². The highest BCUT2D eigenvalue weighted by Crippen LogP contribution is 2.57. The number of carboxylic acids is 1. The Hall–Kier alpha value is -2.84. The van der Waals surface area contributed by atoms with E-state index < -0.39 is 17.5 Å². The van der Waals surface area contributed by atoms with Crippen molar-refractivity contribution in [3.8, 4) is 11.5 Å². The third-order valence-corrected chi connectivity index (χ3v) is 7.61. The molecule has 0 bridgehead atoms. The summed E-state index contributed by atoms with van der Waals surface area (Å²) in [7, 11) is 0. The van der Waals surface area contributed by atoms with Gasteiger partial charge in [-0.3, -0.25) is 0 Å². The number of fused-ring (bicyclic) bond motifs is 1. The van der Waals surface area contributed by atoms with Crippen LogP contribution in [0.15, 0.2) is 39.3 Å². The normalized spacial score (nSPS) is 14.2. The number of aromatic carboxylic acids is 1. The lowest BCUT2D eigenvalue weighted by molar-refractivity contribution is 0.0232. The summed E-state index contributed by atoms with van der Waals surface area (Å²) in [5.74, 6) is -2.41. The smallest absolute Gasteiger partial charge is 0.341 e. The van der Waals surface area contributed by atoms with Gasteiger partial charge in [0.05, 0.1) is 22.3 Å². The Kier molecular flexibility index (Phi) is 5.57. The van der Waals surface area contributed by atoms with Crippen LogP contribution in [0, 0.1) is 27.7 Å². The van der Waals surface area contributed by atoms with Gasteiger partial charge in [0.25, 0.3) is 0 Å². The maximum atomic E-state index is 13.2. The number of phenolic OH excluding ortho intramolecular Hbond substituents is 2. The van der Waals surface area contributed by atoms with Gasteiger partial charge in [-0.1, -0.05) is 44.0 Å². The number of benzene rings is 3. The number of hydrogen-bond acceptors (Lipinski definition) is 5. The first-order chi connectivity index (χ1) is 15.4. The van der Waals surface area contributed by atoms with Crippen molar-refractivity contribution >= 4 is 43.8 Å². The molecular formula is C25H20Br2O6. The molecule has 0 saturated carbocycles. The fourth-order valence-electron chi connectivity index (χ4n) is 4.37. The van der Waals surface area contributed by atoms with Crippen LogP contribution < -0.4 is 0 Å². The second kappa shape index (κ2) is 7.88. The lowest BCUT2D eigenvalue weighted by atomic mass is 9.76. The van der Waals surface area contributed by atoms with Gasteiger partial charge < -0.3 is 20.1 Å². The zero-order valence-electron chi connectivity index (χ0n) is 18.2. The zero-order chi connectivity index (χ0) is 24.4. The molecule has 0 fully saturated rings. The summed E-state index contributed by atoms with van der Waals surface area (Å²) in [6.45, 7) is 7.12. The van der Waals surface area contributed by atoms with Crippen molar-refractivity contribution in [2.75, 3.05) is 0 Å². The minimum absolute atomic E-state index is 0.126. The molecule has 1 aliphatic rings. The topological polar surface area (TPSA) is 104 Å². The lowest BCUT2D eigenvalue weighted by Gasteiger charge is -2.34. The van der Waals surface area contributed by atoms with Crippen molar-refractivity contribution in [3.63, 3.8) is 0 Å². The fourth-order valence-corrected chi connectivity index (χ4v) is 5.99. The Morgan fingerprint density at radius 1 is 0.909 bits per heavy atom. The van der Waals surface area contributed by atoms with Gasteiger partial charge in [-0.2, -0.15) is 0 Å². The zero-order valence-corrected chi connectivity index (χ0v) is 21.4. The Morgan fingerprint density at radius 3 is 1.85 bits per heavy atom. The molecule has 4 rings (SSSR count). The van der Waals surface area contributed by atoms with Crippen LogP contribution in [0.4, 0.5) is 0 Å². The molecular weight excluding hydrogens is 556 g/mol. The monoisotopic (exact) mass is 574 g/mol. The van der Waals surface area contributed by atoms with Crippen molar-refractivity contribution in [1.29, 1.82) is 0 Å². The van der Waals surface area contributed by atoms with Crippen molar-refractivity contribution < 1.29 is 29.6 Å². The van der Waals surface area contributed by atoms with E-state index in [4.69, 9.17) is 4.74 Å². The number of phenols is 2. The van der Waals surface area contributed by atoms with Gasteiger partial charge in [-0.25, -0.2) is 9.59 Å². The minimum Gasteiger partial charge on any atom is -0.507 e. The molecule has 0 unspecified atom stereocenters. The predicted molar refractivity (Wildman–Crippen MR) is 129 cm³/mol. The summed E-state index contributed by atoms with van der Waals surface area (Å²) in [6.07, 6.45) is 0. The molecule has 170 valence electrons. The van der Waals surface area contributed by atoms with E-state index in [1.165, 1.54) is 12.1 Å². The number of hydrogen-bond donors (Lipinski definition) is 3. The summed E-state index contributed by atoms with van der Waals surface area (Å²) in [5.41, 5.74) is 1.15. The van der Waals surface area contributed by atoms with Gasteiger partial charge in [0.15, 0.2) is 5.60 Å². The van der Waals surface area contributed by atoms with Crippen LogP contribution >= 0.6 is 31.9 Å². The van der Waals surface area contributed by atoms with Gasteiger partial charge in [0, 0.05) is 14.5 Å².